The summed E-state index contributed by atoms with van der Waals surface area (Å²) in [6.45, 7) is 0.669. The number of hydrogen-bond donors (Lipinski definition) is 1. The number of nitrogens with two attached hydrogens (primary N) is 1. The van der Waals surface area contributed by atoms with Crippen LogP contribution in [0.3, 0.4) is 0 Å². The van der Waals surface area contributed by atoms with E-state index >= 15 is 0 Å². The molecule has 9 heteroatoms. The van der Waals surface area contributed by atoms with Gasteiger partial charge in [-0.15, -0.1) is 11.3 Å². The van der Waals surface area contributed by atoms with Crippen LogP contribution < -0.4 is 10.5 Å². The van der Waals surface area contributed by atoms with Crippen molar-refractivity contribution in [2.75, 3.05) is 13.2 Å². The second-order valence-electron chi connectivity index (χ2n) is 5.17. The fourth-order valence-electron chi connectivity index (χ4n) is 1.98. The average molecular weight is 373 g/mol. The van der Waals surface area contributed by atoms with Gasteiger partial charge in [-0.1, -0.05) is 12.1 Å². The molecule has 0 bridgehead atoms. The highest BCUT2D eigenvalue weighted by Crippen LogP contribution is 2.21. The molecule has 0 aliphatic heterocycles. The number of amides is 1. The summed E-state index contributed by atoms with van der Waals surface area (Å²) in [5.74, 6) is -3.04. The van der Waals surface area contributed by atoms with Crippen LogP contribution in [0.15, 0.2) is 29.6 Å². The van der Waals surface area contributed by atoms with E-state index in [4.69, 9.17) is 20.5 Å². The molecular weight excluding hydrogens is 358 g/mol. The largest absolute Gasteiger partial charge is 0.481 e. The molecule has 0 aliphatic rings. The van der Waals surface area contributed by atoms with E-state index in [-0.39, 0.29) is 11.3 Å². The summed E-state index contributed by atoms with van der Waals surface area (Å²) in [6.07, 6.45) is 0. The molecule has 26 heavy (non-hydrogen) atoms. The molecule has 2 N–H and O–H groups in total. The maximum absolute atomic E-state index is 12.1. The van der Waals surface area contributed by atoms with Crippen LogP contribution in [0, 0.1) is 18.3 Å². The van der Waals surface area contributed by atoms with E-state index in [9.17, 15) is 14.4 Å². The lowest BCUT2D eigenvalue weighted by Gasteiger charge is -2.10. The van der Waals surface area contributed by atoms with Gasteiger partial charge in [-0.3, -0.25) is 9.59 Å². The number of Topliss-reactive ketones (excluding diaryl/α,β-unsaturated/α-hetero) is 1. The summed E-state index contributed by atoms with van der Waals surface area (Å²) < 4.78 is 10.0. The summed E-state index contributed by atoms with van der Waals surface area (Å²) in [4.78, 5) is 39.2. The maximum atomic E-state index is 12.1. The predicted octanol–water partition coefficient (Wildman–Crippen LogP) is 1.35. The first-order valence-electron chi connectivity index (χ1n) is 7.44. The van der Waals surface area contributed by atoms with Crippen molar-refractivity contribution in [2.24, 2.45) is 5.73 Å². The lowest BCUT2D eigenvalue weighted by molar-refractivity contribution is -0.150. The first kappa shape index (κ1) is 19.1. The summed E-state index contributed by atoms with van der Waals surface area (Å²) in [5.41, 5.74) is 6.04. The number of ketones is 1. The standard InChI is InChI=1S/C17H15N3O5S/c1-10-9-26-17(20-10)12(6-18)13(21)7-25-15(22)8-24-14-5-3-2-4-11(14)16(19)23/h2-5,9,12H,7-8H2,1H3,(H2,19,23)/t12-/m1/s1. The molecule has 134 valence electrons. The van der Waals surface area contributed by atoms with Gasteiger partial charge in [0.15, 0.2) is 24.9 Å². The van der Waals surface area contributed by atoms with Crippen molar-refractivity contribution in [1.29, 1.82) is 5.26 Å². The van der Waals surface area contributed by atoms with Crippen LogP contribution in [0.5, 0.6) is 5.75 Å². The molecule has 1 aromatic carbocycles. The number of carbonyl (C=O) groups excluding carboxylic acids is 3. The van der Waals surface area contributed by atoms with Gasteiger partial charge in [0.1, 0.15) is 10.8 Å². The number of hydrogen-bond acceptors (Lipinski definition) is 8. The van der Waals surface area contributed by atoms with Crippen molar-refractivity contribution in [3.05, 3.63) is 45.9 Å². The Kier molecular flexibility index (Phi) is 6.41. The zero-order valence-electron chi connectivity index (χ0n) is 13.8. The molecule has 2 aromatic rings. The molecule has 1 heterocycles. The van der Waals surface area contributed by atoms with E-state index in [1.807, 2.05) is 6.07 Å². The van der Waals surface area contributed by atoms with Gasteiger partial charge in [-0.2, -0.15) is 5.26 Å². The lowest BCUT2D eigenvalue weighted by atomic mass is 10.1. The number of aromatic nitrogens is 1. The third kappa shape index (κ3) is 4.87. The normalized spacial score (nSPS) is 11.2. The van der Waals surface area contributed by atoms with E-state index in [0.717, 1.165) is 0 Å². The number of para-hydroxylation sites is 1. The Morgan fingerprint density at radius 2 is 2.04 bits per heavy atom. The first-order valence-corrected chi connectivity index (χ1v) is 8.32. The Labute approximate surface area is 153 Å². The Balaban J connectivity index is 1.88. The molecule has 0 saturated carbocycles. The van der Waals surface area contributed by atoms with Gasteiger partial charge in [0.05, 0.1) is 11.6 Å². The predicted molar refractivity (Wildman–Crippen MR) is 91.6 cm³/mol. The second kappa shape index (κ2) is 8.73. The van der Waals surface area contributed by atoms with Crippen LogP contribution in [0.2, 0.25) is 0 Å². The summed E-state index contributed by atoms with van der Waals surface area (Å²) in [5, 5.41) is 11.2. The SMILES string of the molecule is Cc1csc([C@H](C#N)C(=O)COC(=O)COc2ccccc2C(N)=O)n1. The number of nitriles is 1. The van der Waals surface area contributed by atoms with Crippen LogP contribution in [-0.2, 0) is 14.3 Å². The number of primary amides is 1. The monoisotopic (exact) mass is 373 g/mol. The maximum Gasteiger partial charge on any atom is 0.344 e. The van der Waals surface area contributed by atoms with Gasteiger partial charge in [-0.05, 0) is 19.1 Å². The molecule has 1 atom stereocenters. The number of aryl methyl sites for hydroxylation is 1. The highest BCUT2D eigenvalue weighted by atomic mass is 32.1. The topological polar surface area (TPSA) is 132 Å². The van der Waals surface area contributed by atoms with Crippen molar-refractivity contribution in [3.8, 4) is 11.8 Å². The Bertz CT molecular complexity index is 871. The van der Waals surface area contributed by atoms with Crippen LogP contribution in [0.4, 0.5) is 0 Å². The minimum absolute atomic E-state index is 0.125. The van der Waals surface area contributed by atoms with E-state index < -0.39 is 36.8 Å². The fraction of sp³-hybridized carbons (Fsp3) is 0.235. The highest BCUT2D eigenvalue weighted by Gasteiger charge is 2.24. The van der Waals surface area contributed by atoms with Gasteiger partial charge < -0.3 is 15.2 Å². The summed E-state index contributed by atoms with van der Waals surface area (Å²) in [6, 6.07) is 8.02. The lowest BCUT2D eigenvalue weighted by Crippen LogP contribution is -2.23. The number of nitrogens with zero attached hydrogens (tertiary/aromatic N) is 2. The third-order valence-electron chi connectivity index (χ3n) is 3.21. The number of benzene rings is 1. The minimum Gasteiger partial charge on any atom is -0.481 e. The second-order valence-corrected chi connectivity index (χ2v) is 6.05. The Morgan fingerprint density at radius 1 is 1.31 bits per heavy atom. The zero-order valence-corrected chi connectivity index (χ0v) is 14.6. The molecule has 0 radical (unpaired) electrons. The van der Waals surface area contributed by atoms with Crippen LogP contribution in [-0.4, -0.2) is 35.9 Å². The summed E-state index contributed by atoms with van der Waals surface area (Å²) >= 11 is 1.19. The minimum atomic E-state index is -1.09. The number of ether oxygens (including phenoxy) is 2. The van der Waals surface area contributed by atoms with E-state index in [0.29, 0.717) is 10.7 Å². The molecule has 0 fully saturated rings. The third-order valence-corrected chi connectivity index (χ3v) is 4.24. The molecule has 0 unspecified atom stereocenters. The Morgan fingerprint density at radius 3 is 2.65 bits per heavy atom. The molecule has 1 amide bonds. The van der Waals surface area contributed by atoms with Gasteiger partial charge in [0.25, 0.3) is 5.91 Å². The molecule has 1 aromatic heterocycles. The Hall–Kier alpha value is -3.25. The fourth-order valence-corrected chi connectivity index (χ4v) is 2.84. The molecule has 0 spiro atoms. The zero-order chi connectivity index (χ0) is 19.1. The molecule has 8 nitrogen and oxygen atoms in total. The van der Waals surface area contributed by atoms with Crippen molar-refractivity contribution >= 4 is 29.0 Å². The number of esters is 1. The van der Waals surface area contributed by atoms with Gasteiger partial charge in [-0.25, -0.2) is 9.78 Å². The van der Waals surface area contributed by atoms with Crippen molar-refractivity contribution < 1.29 is 23.9 Å². The number of rotatable bonds is 8. The molecule has 2 rings (SSSR count). The average Bonchev–Trinajstić information content (AvgIpc) is 3.05. The quantitative estimate of drug-likeness (QED) is 0.691. The van der Waals surface area contributed by atoms with Gasteiger partial charge in [0, 0.05) is 11.1 Å². The van der Waals surface area contributed by atoms with Crippen LogP contribution >= 0.6 is 11.3 Å². The van der Waals surface area contributed by atoms with Gasteiger partial charge >= 0.3 is 5.97 Å². The summed E-state index contributed by atoms with van der Waals surface area (Å²) in [7, 11) is 0. The van der Waals surface area contributed by atoms with Gasteiger partial charge in [0.2, 0.25) is 0 Å². The molecule has 0 aliphatic carbocycles. The smallest absolute Gasteiger partial charge is 0.344 e. The molecule has 0 saturated heterocycles. The van der Waals surface area contributed by atoms with E-state index in [1.54, 1.807) is 24.4 Å². The number of thiazole rings is 1. The van der Waals surface area contributed by atoms with Crippen molar-refractivity contribution in [1.82, 2.24) is 4.98 Å². The van der Waals surface area contributed by atoms with E-state index in [2.05, 4.69) is 4.98 Å². The first-order chi connectivity index (χ1) is 12.4. The van der Waals surface area contributed by atoms with Crippen LogP contribution in [0.25, 0.3) is 0 Å². The van der Waals surface area contributed by atoms with E-state index in [1.165, 1.54) is 23.5 Å². The number of carbonyl (C=O) groups is 3. The van der Waals surface area contributed by atoms with Crippen molar-refractivity contribution in [2.45, 2.75) is 12.8 Å². The van der Waals surface area contributed by atoms with Crippen LogP contribution in [0.1, 0.15) is 27.0 Å². The highest BCUT2D eigenvalue weighted by molar-refractivity contribution is 7.09. The van der Waals surface area contributed by atoms with Crippen molar-refractivity contribution in [3.63, 3.8) is 0 Å². The molecular formula is C17H15N3O5S.